The number of halogens is 1. The van der Waals surface area contributed by atoms with Crippen LogP contribution < -0.4 is 4.90 Å². The Morgan fingerprint density at radius 1 is 1.25 bits per heavy atom. The first-order valence-corrected chi connectivity index (χ1v) is 7.43. The first-order valence-electron chi connectivity index (χ1n) is 7.05. The number of nitrogens with zero attached hydrogens (tertiary/aromatic N) is 1. The lowest BCUT2D eigenvalue weighted by molar-refractivity contribution is 0.290. The number of aliphatic hydroxyl groups is 1. The SMILES string of the molecule is OCCCN1C=CC2=C(CCC=C2)c2ccc(Cl)cc21. The maximum absolute atomic E-state index is 9.08. The van der Waals surface area contributed by atoms with Crippen LogP contribution in [0.15, 0.2) is 48.2 Å². The summed E-state index contributed by atoms with van der Waals surface area (Å²) in [5.74, 6) is 0. The molecule has 0 atom stereocenters. The Labute approximate surface area is 124 Å². The summed E-state index contributed by atoms with van der Waals surface area (Å²) in [5.41, 5.74) is 5.08. The van der Waals surface area contributed by atoms with Crippen LogP contribution in [0, 0.1) is 0 Å². The molecule has 1 N–H and O–H groups in total. The standard InChI is InChI=1S/C17H18ClNO/c18-14-6-7-16-15-5-2-1-4-13(15)8-10-19(9-3-11-20)17(16)12-14/h1,4,6-8,10,12,20H,2-3,5,9,11H2. The number of anilines is 1. The highest BCUT2D eigenvalue weighted by Gasteiger charge is 2.19. The molecule has 2 nitrogen and oxygen atoms in total. The van der Waals surface area contributed by atoms with E-state index in [2.05, 4.69) is 35.4 Å². The molecule has 0 fully saturated rings. The number of allylic oxidation sites excluding steroid dienone is 5. The Bertz CT molecular complexity index is 601. The summed E-state index contributed by atoms with van der Waals surface area (Å²) >= 11 is 6.17. The molecule has 1 heterocycles. The van der Waals surface area contributed by atoms with Crippen molar-refractivity contribution in [3.8, 4) is 0 Å². The molecule has 0 saturated carbocycles. The maximum Gasteiger partial charge on any atom is 0.0497 e. The van der Waals surface area contributed by atoms with Gasteiger partial charge in [-0.3, -0.25) is 0 Å². The number of benzene rings is 1. The van der Waals surface area contributed by atoms with E-state index >= 15 is 0 Å². The minimum Gasteiger partial charge on any atom is -0.396 e. The molecular formula is C17H18ClNO. The van der Waals surface area contributed by atoms with Gasteiger partial charge in [-0.2, -0.15) is 0 Å². The lowest BCUT2D eigenvalue weighted by Crippen LogP contribution is -2.19. The third kappa shape index (κ3) is 2.54. The summed E-state index contributed by atoms with van der Waals surface area (Å²) in [4.78, 5) is 2.18. The first kappa shape index (κ1) is 13.5. The number of hydrogen-bond acceptors (Lipinski definition) is 2. The number of hydrogen-bond donors (Lipinski definition) is 1. The minimum absolute atomic E-state index is 0.202. The summed E-state index contributed by atoms with van der Waals surface area (Å²) in [6, 6.07) is 6.09. The second-order valence-electron chi connectivity index (χ2n) is 5.12. The van der Waals surface area contributed by atoms with Crippen molar-refractivity contribution >= 4 is 22.9 Å². The molecule has 1 aromatic rings. The quantitative estimate of drug-likeness (QED) is 0.902. The zero-order chi connectivity index (χ0) is 13.9. The Morgan fingerprint density at radius 3 is 3.00 bits per heavy atom. The molecule has 3 rings (SSSR count). The third-order valence-electron chi connectivity index (χ3n) is 3.79. The van der Waals surface area contributed by atoms with Gasteiger partial charge in [0.05, 0.1) is 0 Å². The van der Waals surface area contributed by atoms with Crippen molar-refractivity contribution < 1.29 is 5.11 Å². The highest BCUT2D eigenvalue weighted by molar-refractivity contribution is 6.31. The van der Waals surface area contributed by atoms with Crippen molar-refractivity contribution in [2.45, 2.75) is 19.3 Å². The fourth-order valence-electron chi connectivity index (χ4n) is 2.81. The number of aliphatic hydroxyl groups excluding tert-OH is 1. The Hall–Kier alpha value is -1.51. The second-order valence-corrected chi connectivity index (χ2v) is 5.56. The maximum atomic E-state index is 9.08. The fraction of sp³-hybridized carbons (Fsp3) is 0.294. The largest absolute Gasteiger partial charge is 0.396 e. The molecule has 1 aliphatic carbocycles. The molecule has 0 bridgehead atoms. The molecule has 2 aliphatic rings. The van der Waals surface area contributed by atoms with E-state index in [1.807, 2.05) is 12.1 Å². The van der Waals surface area contributed by atoms with Gasteiger partial charge >= 0.3 is 0 Å². The number of rotatable bonds is 3. The zero-order valence-corrected chi connectivity index (χ0v) is 12.1. The molecular weight excluding hydrogens is 270 g/mol. The van der Waals surface area contributed by atoms with Crippen molar-refractivity contribution in [2.24, 2.45) is 0 Å². The van der Waals surface area contributed by atoms with Gasteiger partial charge in [0.2, 0.25) is 0 Å². The second kappa shape index (κ2) is 5.86. The van der Waals surface area contributed by atoms with E-state index in [4.69, 9.17) is 16.7 Å². The minimum atomic E-state index is 0.202. The predicted molar refractivity (Wildman–Crippen MR) is 84.9 cm³/mol. The first-order chi connectivity index (χ1) is 9.79. The van der Waals surface area contributed by atoms with Crippen LogP contribution in [0.3, 0.4) is 0 Å². The smallest absolute Gasteiger partial charge is 0.0497 e. The van der Waals surface area contributed by atoms with Crippen molar-refractivity contribution in [1.82, 2.24) is 0 Å². The normalized spacial score (nSPS) is 17.0. The van der Waals surface area contributed by atoms with E-state index in [9.17, 15) is 0 Å². The summed E-state index contributed by atoms with van der Waals surface area (Å²) in [5, 5.41) is 9.83. The van der Waals surface area contributed by atoms with E-state index in [1.54, 1.807) is 0 Å². The topological polar surface area (TPSA) is 23.5 Å². The molecule has 0 amide bonds. The third-order valence-corrected chi connectivity index (χ3v) is 4.03. The average Bonchev–Trinajstić information content (AvgIpc) is 2.62. The molecule has 1 aliphatic heterocycles. The molecule has 0 spiro atoms. The predicted octanol–water partition coefficient (Wildman–Crippen LogP) is 4.16. The lowest BCUT2D eigenvalue weighted by atomic mass is 9.91. The summed E-state index contributed by atoms with van der Waals surface area (Å²) < 4.78 is 0. The van der Waals surface area contributed by atoms with Crippen LogP contribution in [-0.4, -0.2) is 18.3 Å². The Morgan fingerprint density at radius 2 is 2.15 bits per heavy atom. The van der Waals surface area contributed by atoms with Gasteiger partial charge in [0.1, 0.15) is 0 Å². The summed E-state index contributed by atoms with van der Waals surface area (Å²) in [6.07, 6.45) is 11.6. The molecule has 104 valence electrons. The van der Waals surface area contributed by atoms with Crippen molar-refractivity contribution in [2.75, 3.05) is 18.1 Å². The molecule has 0 radical (unpaired) electrons. The molecule has 0 saturated heterocycles. The molecule has 0 aromatic heterocycles. The van der Waals surface area contributed by atoms with Crippen molar-refractivity contribution in [3.63, 3.8) is 0 Å². The van der Waals surface area contributed by atoms with Gasteiger partial charge in [-0.1, -0.05) is 29.8 Å². The fourth-order valence-corrected chi connectivity index (χ4v) is 2.98. The van der Waals surface area contributed by atoms with E-state index in [1.165, 1.54) is 16.7 Å². The van der Waals surface area contributed by atoms with Crippen LogP contribution in [0.4, 0.5) is 5.69 Å². The van der Waals surface area contributed by atoms with E-state index in [-0.39, 0.29) is 6.61 Å². The van der Waals surface area contributed by atoms with Crippen LogP contribution in [-0.2, 0) is 0 Å². The van der Waals surface area contributed by atoms with Crippen LogP contribution in [0.2, 0.25) is 5.02 Å². The van der Waals surface area contributed by atoms with Crippen molar-refractivity contribution in [1.29, 1.82) is 0 Å². The Balaban J connectivity index is 2.09. The summed E-state index contributed by atoms with van der Waals surface area (Å²) in [6.45, 7) is 0.998. The van der Waals surface area contributed by atoms with Crippen molar-refractivity contribution in [3.05, 3.63) is 58.8 Å². The highest BCUT2D eigenvalue weighted by Crippen LogP contribution is 2.39. The van der Waals surface area contributed by atoms with E-state index in [0.717, 1.165) is 36.5 Å². The molecule has 0 unspecified atom stereocenters. The van der Waals surface area contributed by atoms with Gasteiger partial charge in [-0.25, -0.2) is 0 Å². The van der Waals surface area contributed by atoms with Gasteiger partial charge in [-0.15, -0.1) is 0 Å². The molecule has 1 aromatic carbocycles. The van der Waals surface area contributed by atoms with E-state index < -0.39 is 0 Å². The monoisotopic (exact) mass is 287 g/mol. The summed E-state index contributed by atoms with van der Waals surface area (Å²) in [7, 11) is 0. The van der Waals surface area contributed by atoms with Gasteiger partial charge in [0.25, 0.3) is 0 Å². The van der Waals surface area contributed by atoms with E-state index in [0.29, 0.717) is 0 Å². The van der Waals surface area contributed by atoms with Gasteiger partial charge < -0.3 is 10.0 Å². The lowest BCUT2D eigenvalue weighted by Gasteiger charge is -2.23. The van der Waals surface area contributed by atoms with Crippen LogP contribution in [0.5, 0.6) is 0 Å². The van der Waals surface area contributed by atoms with Gasteiger partial charge in [0.15, 0.2) is 0 Å². The van der Waals surface area contributed by atoms with Gasteiger partial charge in [0, 0.05) is 35.6 Å². The van der Waals surface area contributed by atoms with Crippen LogP contribution in [0.25, 0.3) is 5.57 Å². The molecule has 3 heteroatoms. The van der Waals surface area contributed by atoms with Crippen LogP contribution >= 0.6 is 11.6 Å². The average molecular weight is 288 g/mol. The Kier molecular flexibility index (Phi) is 3.95. The number of fused-ring (bicyclic) bond motifs is 2. The van der Waals surface area contributed by atoms with Gasteiger partial charge in [-0.05, 0) is 48.6 Å². The zero-order valence-electron chi connectivity index (χ0n) is 11.3. The van der Waals surface area contributed by atoms with Crippen LogP contribution in [0.1, 0.15) is 24.8 Å². The molecule has 20 heavy (non-hydrogen) atoms. The highest BCUT2D eigenvalue weighted by atomic mass is 35.5.